The average molecular weight is 278 g/mol. The van der Waals surface area contributed by atoms with Crippen LogP contribution in [0.1, 0.15) is 70.6 Å². The van der Waals surface area contributed by atoms with Gasteiger partial charge in [-0.05, 0) is 43.9 Å². The molecule has 0 spiro atoms. The van der Waals surface area contributed by atoms with E-state index < -0.39 is 0 Å². The SMILES string of the molecule is O=C(CC1(CC(=O)NC2CC2)CCCCC1)NC1CC1. The van der Waals surface area contributed by atoms with Crippen molar-refractivity contribution in [2.45, 2.75) is 82.7 Å². The highest BCUT2D eigenvalue weighted by atomic mass is 16.2. The third kappa shape index (κ3) is 3.97. The number of hydrogen-bond acceptors (Lipinski definition) is 2. The summed E-state index contributed by atoms with van der Waals surface area (Å²) >= 11 is 0. The highest BCUT2D eigenvalue weighted by Crippen LogP contribution is 2.42. The Balaban J connectivity index is 1.56. The smallest absolute Gasteiger partial charge is 0.220 e. The van der Waals surface area contributed by atoms with Gasteiger partial charge >= 0.3 is 0 Å². The van der Waals surface area contributed by atoms with Crippen molar-refractivity contribution in [3.8, 4) is 0 Å². The minimum atomic E-state index is -0.0732. The van der Waals surface area contributed by atoms with Gasteiger partial charge in [0.1, 0.15) is 0 Å². The summed E-state index contributed by atoms with van der Waals surface area (Å²) < 4.78 is 0. The number of carbonyl (C=O) groups is 2. The van der Waals surface area contributed by atoms with Gasteiger partial charge in [-0.3, -0.25) is 9.59 Å². The van der Waals surface area contributed by atoms with Gasteiger partial charge in [0.25, 0.3) is 0 Å². The fourth-order valence-electron chi connectivity index (χ4n) is 3.41. The zero-order valence-corrected chi connectivity index (χ0v) is 12.2. The predicted molar refractivity (Wildman–Crippen MR) is 77.1 cm³/mol. The number of hydrogen-bond donors (Lipinski definition) is 2. The quantitative estimate of drug-likeness (QED) is 0.783. The maximum Gasteiger partial charge on any atom is 0.220 e. The molecule has 0 saturated heterocycles. The molecule has 3 aliphatic carbocycles. The molecule has 3 aliphatic rings. The molecule has 0 radical (unpaired) electrons. The van der Waals surface area contributed by atoms with Gasteiger partial charge in [0.2, 0.25) is 11.8 Å². The van der Waals surface area contributed by atoms with E-state index in [2.05, 4.69) is 10.6 Å². The summed E-state index contributed by atoms with van der Waals surface area (Å²) in [5.74, 6) is 0.322. The molecule has 2 amide bonds. The van der Waals surface area contributed by atoms with Crippen LogP contribution in [-0.4, -0.2) is 23.9 Å². The Morgan fingerprint density at radius 2 is 1.25 bits per heavy atom. The number of carbonyl (C=O) groups excluding carboxylic acids is 2. The van der Waals surface area contributed by atoms with Gasteiger partial charge in [0.15, 0.2) is 0 Å². The number of nitrogens with one attached hydrogen (secondary N) is 2. The fourth-order valence-corrected chi connectivity index (χ4v) is 3.41. The summed E-state index contributed by atoms with van der Waals surface area (Å²) in [6.07, 6.45) is 11.2. The van der Waals surface area contributed by atoms with Gasteiger partial charge in [0.05, 0.1) is 0 Å². The molecule has 4 nitrogen and oxygen atoms in total. The topological polar surface area (TPSA) is 58.2 Å². The molecule has 0 heterocycles. The molecule has 0 aromatic carbocycles. The molecule has 20 heavy (non-hydrogen) atoms. The van der Waals surface area contributed by atoms with Crippen LogP contribution in [0.2, 0.25) is 0 Å². The van der Waals surface area contributed by atoms with Crippen molar-refractivity contribution in [2.75, 3.05) is 0 Å². The van der Waals surface area contributed by atoms with Crippen LogP contribution < -0.4 is 10.6 Å². The van der Waals surface area contributed by atoms with Crippen LogP contribution in [0.5, 0.6) is 0 Å². The van der Waals surface area contributed by atoms with Crippen molar-refractivity contribution >= 4 is 11.8 Å². The first-order valence-electron chi connectivity index (χ1n) is 8.24. The van der Waals surface area contributed by atoms with Crippen LogP contribution in [0.4, 0.5) is 0 Å². The Kier molecular flexibility index (Phi) is 3.99. The predicted octanol–water partition coefficient (Wildman–Crippen LogP) is 2.27. The standard InChI is InChI=1S/C16H26N2O2/c19-14(17-12-4-5-12)10-16(8-2-1-3-9-16)11-15(20)18-13-6-7-13/h12-13H,1-11H2,(H,17,19)(H,18,20). The van der Waals surface area contributed by atoms with Crippen molar-refractivity contribution in [3.05, 3.63) is 0 Å². The Labute approximate surface area is 121 Å². The van der Waals surface area contributed by atoms with Gasteiger partial charge in [-0.25, -0.2) is 0 Å². The summed E-state index contributed by atoms with van der Waals surface area (Å²) in [5, 5.41) is 6.16. The number of amides is 2. The molecule has 4 heteroatoms. The van der Waals surface area contributed by atoms with E-state index in [1.165, 1.54) is 6.42 Å². The molecule has 0 aromatic heterocycles. The second-order valence-corrected chi connectivity index (χ2v) is 7.10. The highest BCUT2D eigenvalue weighted by Gasteiger charge is 2.38. The van der Waals surface area contributed by atoms with E-state index in [0.717, 1.165) is 51.4 Å². The first-order valence-corrected chi connectivity index (χ1v) is 8.24. The lowest BCUT2D eigenvalue weighted by Crippen LogP contribution is -2.39. The van der Waals surface area contributed by atoms with E-state index >= 15 is 0 Å². The third-order valence-electron chi connectivity index (χ3n) is 4.87. The maximum atomic E-state index is 12.1. The minimum absolute atomic E-state index is 0.0732. The zero-order valence-electron chi connectivity index (χ0n) is 12.2. The van der Waals surface area contributed by atoms with E-state index in [-0.39, 0.29) is 17.2 Å². The largest absolute Gasteiger partial charge is 0.353 e. The van der Waals surface area contributed by atoms with Crippen LogP contribution in [-0.2, 0) is 9.59 Å². The molecule has 0 bridgehead atoms. The first kappa shape index (κ1) is 13.9. The molecule has 0 aromatic rings. The van der Waals surface area contributed by atoms with Crippen molar-refractivity contribution < 1.29 is 9.59 Å². The molecule has 3 rings (SSSR count). The van der Waals surface area contributed by atoms with Crippen molar-refractivity contribution in [3.63, 3.8) is 0 Å². The van der Waals surface area contributed by atoms with Crippen LogP contribution in [0, 0.1) is 5.41 Å². The molecule has 0 aliphatic heterocycles. The Bertz CT molecular complexity index is 350. The average Bonchev–Trinajstić information content (AvgIpc) is 3.26. The van der Waals surface area contributed by atoms with Gasteiger partial charge < -0.3 is 10.6 Å². The van der Waals surface area contributed by atoms with Gasteiger partial charge in [-0.1, -0.05) is 19.3 Å². The maximum absolute atomic E-state index is 12.1. The molecular weight excluding hydrogens is 252 g/mol. The molecular formula is C16H26N2O2. The van der Waals surface area contributed by atoms with Crippen molar-refractivity contribution in [2.24, 2.45) is 5.41 Å². The summed E-state index contributed by atoms with van der Waals surface area (Å²) in [6, 6.07) is 0.840. The summed E-state index contributed by atoms with van der Waals surface area (Å²) in [7, 11) is 0. The lowest BCUT2D eigenvalue weighted by atomic mass is 9.69. The first-order chi connectivity index (χ1) is 9.65. The number of rotatable bonds is 6. The monoisotopic (exact) mass is 278 g/mol. The normalized spacial score (nSPS) is 25.0. The van der Waals surface area contributed by atoms with Crippen molar-refractivity contribution in [1.29, 1.82) is 0 Å². The van der Waals surface area contributed by atoms with E-state index in [4.69, 9.17) is 0 Å². The zero-order chi connectivity index (χ0) is 14.0. The molecule has 0 atom stereocenters. The lowest BCUT2D eigenvalue weighted by Gasteiger charge is -2.36. The lowest BCUT2D eigenvalue weighted by molar-refractivity contribution is -0.128. The Morgan fingerprint density at radius 1 is 0.800 bits per heavy atom. The summed E-state index contributed by atoms with van der Waals surface area (Å²) in [5.41, 5.74) is -0.0732. The summed E-state index contributed by atoms with van der Waals surface area (Å²) in [4.78, 5) is 24.3. The van der Waals surface area contributed by atoms with Gasteiger partial charge in [-0.2, -0.15) is 0 Å². The molecule has 3 fully saturated rings. The molecule has 0 unspecified atom stereocenters. The van der Waals surface area contributed by atoms with E-state index in [0.29, 0.717) is 24.9 Å². The van der Waals surface area contributed by atoms with Crippen molar-refractivity contribution in [1.82, 2.24) is 10.6 Å². The van der Waals surface area contributed by atoms with Crippen LogP contribution in [0.3, 0.4) is 0 Å². The van der Waals surface area contributed by atoms with Gasteiger partial charge in [0, 0.05) is 24.9 Å². The van der Waals surface area contributed by atoms with Gasteiger partial charge in [-0.15, -0.1) is 0 Å². The van der Waals surface area contributed by atoms with Crippen LogP contribution in [0.25, 0.3) is 0 Å². The molecule has 3 saturated carbocycles. The summed E-state index contributed by atoms with van der Waals surface area (Å²) in [6.45, 7) is 0. The molecule has 2 N–H and O–H groups in total. The second kappa shape index (κ2) is 5.74. The van der Waals surface area contributed by atoms with Crippen LogP contribution in [0.15, 0.2) is 0 Å². The minimum Gasteiger partial charge on any atom is -0.353 e. The molecule has 112 valence electrons. The third-order valence-corrected chi connectivity index (χ3v) is 4.87. The Hall–Kier alpha value is -1.06. The fraction of sp³-hybridized carbons (Fsp3) is 0.875. The van der Waals surface area contributed by atoms with E-state index in [1.807, 2.05) is 0 Å². The Morgan fingerprint density at radius 3 is 1.65 bits per heavy atom. The van der Waals surface area contributed by atoms with E-state index in [1.54, 1.807) is 0 Å². The highest BCUT2D eigenvalue weighted by molar-refractivity contribution is 5.81. The van der Waals surface area contributed by atoms with Crippen LogP contribution >= 0.6 is 0 Å². The second-order valence-electron chi connectivity index (χ2n) is 7.10. The van der Waals surface area contributed by atoms with E-state index in [9.17, 15) is 9.59 Å².